The van der Waals surface area contributed by atoms with Crippen LogP contribution in [0.15, 0.2) is 17.5 Å². The second-order valence-corrected chi connectivity index (χ2v) is 5.34. The molecular formula is C12H19NO2S. The Kier molecular flexibility index (Phi) is 4.96. The lowest BCUT2D eigenvalue weighted by Gasteiger charge is -2.23. The number of aliphatic carboxylic acids is 1. The Labute approximate surface area is 100 Å². The molecule has 0 saturated heterocycles. The summed E-state index contributed by atoms with van der Waals surface area (Å²) in [5.41, 5.74) is 0. The third-order valence-corrected chi connectivity index (χ3v) is 3.72. The molecule has 1 aromatic rings. The molecule has 1 rings (SSSR count). The molecule has 0 spiro atoms. The summed E-state index contributed by atoms with van der Waals surface area (Å²) < 4.78 is 0. The number of thiophene rings is 1. The predicted molar refractivity (Wildman–Crippen MR) is 66.7 cm³/mol. The topological polar surface area (TPSA) is 49.3 Å². The molecule has 0 bridgehead atoms. The van der Waals surface area contributed by atoms with Gasteiger partial charge in [0.05, 0.1) is 12.5 Å². The molecule has 0 saturated carbocycles. The lowest BCUT2D eigenvalue weighted by Crippen LogP contribution is -2.35. The first-order chi connectivity index (χ1) is 7.50. The van der Waals surface area contributed by atoms with E-state index < -0.39 is 5.97 Å². The maximum Gasteiger partial charge on any atom is 0.305 e. The third kappa shape index (κ3) is 3.94. The highest BCUT2D eigenvalue weighted by atomic mass is 32.1. The fourth-order valence-electron chi connectivity index (χ4n) is 1.42. The van der Waals surface area contributed by atoms with Gasteiger partial charge in [0.1, 0.15) is 0 Å². The molecule has 0 fully saturated rings. The number of hydrogen-bond acceptors (Lipinski definition) is 3. The first-order valence-corrected chi connectivity index (χ1v) is 6.40. The molecule has 0 aliphatic carbocycles. The zero-order valence-electron chi connectivity index (χ0n) is 9.93. The van der Waals surface area contributed by atoms with Crippen LogP contribution in [0.25, 0.3) is 0 Å². The van der Waals surface area contributed by atoms with Gasteiger partial charge in [0.2, 0.25) is 0 Å². The van der Waals surface area contributed by atoms with Crippen LogP contribution >= 0.6 is 11.3 Å². The third-order valence-electron chi connectivity index (χ3n) is 2.73. The zero-order chi connectivity index (χ0) is 12.1. The monoisotopic (exact) mass is 241 g/mol. The van der Waals surface area contributed by atoms with E-state index in [-0.39, 0.29) is 12.5 Å². The van der Waals surface area contributed by atoms with Gasteiger partial charge in [-0.05, 0) is 24.3 Å². The summed E-state index contributed by atoms with van der Waals surface area (Å²) in [6.45, 7) is 6.35. The molecule has 0 amide bonds. The Morgan fingerprint density at radius 1 is 1.50 bits per heavy atom. The summed E-state index contributed by atoms with van der Waals surface area (Å²) >= 11 is 1.60. The lowest BCUT2D eigenvalue weighted by molar-refractivity contribution is -0.137. The highest BCUT2D eigenvalue weighted by Gasteiger charge is 2.19. The summed E-state index contributed by atoms with van der Waals surface area (Å²) in [5.74, 6) is -0.266. The molecule has 3 nitrogen and oxygen atoms in total. The van der Waals surface area contributed by atoms with Crippen LogP contribution in [0.5, 0.6) is 0 Å². The van der Waals surface area contributed by atoms with E-state index in [1.807, 2.05) is 17.5 Å². The van der Waals surface area contributed by atoms with E-state index in [2.05, 4.69) is 26.1 Å². The minimum atomic E-state index is -0.762. The molecule has 2 unspecified atom stereocenters. The zero-order valence-corrected chi connectivity index (χ0v) is 10.8. The van der Waals surface area contributed by atoms with Crippen LogP contribution < -0.4 is 5.32 Å². The van der Waals surface area contributed by atoms with Gasteiger partial charge in [0.15, 0.2) is 0 Å². The molecule has 4 heteroatoms. The van der Waals surface area contributed by atoms with E-state index in [1.165, 1.54) is 0 Å². The number of carboxylic acids is 1. The van der Waals surface area contributed by atoms with Crippen molar-refractivity contribution < 1.29 is 9.90 Å². The van der Waals surface area contributed by atoms with Crippen molar-refractivity contribution in [1.82, 2.24) is 5.32 Å². The standard InChI is InChI=1S/C12H19NO2S/c1-8(2)9(3)13-10(7-12(14)15)11-5-4-6-16-11/h4-6,8-10,13H,7H2,1-3H3,(H,14,15). The molecule has 90 valence electrons. The van der Waals surface area contributed by atoms with Gasteiger partial charge < -0.3 is 10.4 Å². The minimum absolute atomic E-state index is 0.0742. The molecule has 16 heavy (non-hydrogen) atoms. The van der Waals surface area contributed by atoms with Crippen LogP contribution in [-0.2, 0) is 4.79 Å². The van der Waals surface area contributed by atoms with Gasteiger partial charge >= 0.3 is 5.97 Å². The second kappa shape index (κ2) is 6.01. The van der Waals surface area contributed by atoms with Crippen LogP contribution in [0.4, 0.5) is 0 Å². The van der Waals surface area contributed by atoms with Crippen molar-refractivity contribution in [3.05, 3.63) is 22.4 Å². The number of nitrogens with one attached hydrogen (secondary N) is 1. The van der Waals surface area contributed by atoms with Crippen LogP contribution in [0.3, 0.4) is 0 Å². The predicted octanol–water partition coefficient (Wildman–Crippen LogP) is 2.90. The van der Waals surface area contributed by atoms with Gasteiger partial charge in [0.25, 0.3) is 0 Å². The summed E-state index contributed by atoms with van der Waals surface area (Å²) in [6.07, 6.45) is 0.136. The normalized spacial score (nSPS) is 15.0. The average Bonchev–Trinajstić information content (AvgIpc) is 2.68. The van der Waals surface area contributed by atoms with Crippen molar-refractivity contribution in [3.8, 4) is 0 Å². The lowest BCUT2D eigenvalue weighted by atomic mass is 10.0. The van der Waals surface area contributed by atoms with E-state index in [0.717, 1.165) is 4.88 Å². The SMILES string of the molecule is CC(C)C(C)NC(CC(=O)O)c1cccs1. The van der Waals surface area contributed by atoms with Gasteiger partial charge in [-0.25, -0.2) is 0 Å². The molecule has 0 aromatic carbocycles. The van der Waals surface area contributed by atoms with E-state index in [4.69, 9.17) is 5.11 Å². The van der Waals surface area contributed by atoms with Crippen LogP contribution in [0.1, 0.15) is 38.1 Å². The Balaban J connectivity index is 2.68. The molecule has 1 aromatic heterocycles. The minimum Gasteiger partial charge on any atom is -0.481 e. The van der Waals surface area contributed by atoms with E-state index >= 15 is 0 Å². The maximum absolute atomic E-state index is 10.8. The van der Waals surface area contributed by atoms with Gasteiger partial charge in [-0.3, -0.25) is 4.79 Å². The number of hydrogen-bond donors (Lipinski definition) is 2. The quantitative estimate of drug-likeness (QED) is 0.805. The number of carbonyl (C=O) groups is 1. The fourth-order valence-corrected chi connectivity index (χ4v) is 2.20. The van der Waals surface area contributed by atoms with E-state index in [9.17, 15) is 4.79 Å². The average molecular weight is 241 g/mol. The number of rotatable bonds is 6. The Morgan fingerprint density at radius 3 is 2.62 bits per heavy atom. The van der Waals surface area contributed by atoms with Crippen molar-refractivity contribution in [3.63, 3.8) is 0 Å². The van der Waals surface area contributed by atoms with Gasteiger partial charge in [-0.1, -0.05) is 19.9 Å². The van der Waals surface area contributed by atoms with Crippen LogP contribution in [0, 0.1) is 5.92 Å². The maximum atomic E-state index is 10.8. The summed E-state index contributed by atoms with van der Waals surface area (Å²) in [4.78, 5) is 11.9. The molecule has 0 radical (unpaired) electrons. The second-order valence-electron chi connectivity index (χ2n) is 4.37. The van der Waals surface area contributed by atoms with Crippen molar-refractivity contribution in [1.29, 1.82) is 0 Å². The van der Waals surface area contributed by atoms with Crippen molar-refractivity contribution in [2.75, 3.05) is 0 Å². The summed E-state index contributed by atoms with van der Waals surface area (Å²) in [6, 6.07) is 4.18. The van der Waals surface area contributed by atoms with Crippen molar-refractivity contribution in [2.45, 2.75) is 39.3 Å². The summed E-state index contributed by atoms with van der Waals surface area (Å²) in [7, 11) is 0. The van der Waals surface area contributed by atoms with Crippen molar-refractivity contribution in [2.24, 2.45) is 5.92 Å². The Hall–Kier alpha value is -0.870. The van der Waals surface area contributed by atoms with Gasteiger partial charge in [-0.15, -0.1) is 11.3 Å². The molecule has 2 N–H and O–H groups in total. The first-order valence-electron chi connectivity index (χ1n) is 5.52. The Morgan fingerprint density at radius 2 is 2.19 bits per heavy atom. The van der Waals surface area contributed by atoms with E-state index in [0.29, 0.717) is 12.0 Å². The molecule has 2 atom stereocenters. The smallest absolute Gasteiger partial charge is 0.305 e. The molecule has 0 aliphatic heterocycles. The van der Waals surface area contributed by atoms with Gasteiger partial charge in [0, 0.05) is 10.9 Å². The van der Waals surface area contributed by atoms with Crippen molar-refractivity contribution >= 4 is 17.3 Å². The molecule has 1 heterocycles. The first kappa shape index (κ1) is 13.2. The summed E-state index contributed by atoms with van der Waals surface area (Å²) in [5, 5.41) is 14.3. The number of carboxylic acid groups (broad SMARTS) is 1. The van der Waals surface area contributed by atoms with Crippen LogP contribution in [0.2, 0.25) is 0 Å². The highest BCUT2D eigenvalue weighted by molar-refractivity contribution is 7.10. The van der Waals surface area contributed by atoms with Gasteiger partial charge in [-0.2, -0.15) is 0 Å². The van der Waals surface area contributed by atoms with E-state index in [1.54, 1.807) is 11.3 Å². The Bertz CT molecular complexity index is 322. The molecular weight excluding hydrogens is 222 g/mol. The largest absolute Gasteiger partial charge is 0.481 e. The fraction of sp³-hybridized carbons (Fsp3) is 0.583. The highest BCUT2D eigenvalue weighted by Crippen LogP contribution is 2.23. The molecule has 0 aliphatic rings. The van der Waals surface area contributed by atoms with Crippen LogP contribution in [-0.4, -0.2) is 17.1 Å².